The molecule has 0 radical (unpaired) electrons. The molecule has 1 atom stereocenters. The summed E-state index contributed by atoms with van der Waals surface area (Å²) in [5, 5.41) is 10.9. The molecule has 0 heterocycles. The van der Waals surface area contributed by atoms with Crippen molar-refractivity contribution in [2.24, 2.45) is 0 Å². The quantitative estimate of drug-likeness (QED) is 0.251. The second kappa shape index (κ2) is 9.84. The van der Waals surface area contributed by atoms with E-state index in [1.54, 1.807) is 45.0 Å². The third-order valence-corrected chi connectivity index (χ3v) is 6.15. The highest BCUT2D eigenvalue weighted by atomic mass is 32.2. The minimum atomic E-state index is -4.19. The zero-order valence-electron chi connectivity index (χ0n) is 17.7. The Kier molecular flexibility index (Phi) is 7.70. The summed E-state index contributed by atoms with van der Waals surface area (Å²) in [6.45, 7) is 8.58. The number of sulfonamides is 1. The van der Waals surface area contributed by atoms with E-state index in [0.29, 0.717) is 0 Å². The fraction of sp³-hybridized carbons (Fsp3) is 0.318. The number of nitrogens with zero attached hydrogens (tertiary/aromatic N) is 2. The normalized spacial score (nSPS) is 12.9. The van der Waals surface area contributed by atoms with Crippen LogP contribution in [0.5, 0.6) is 0 Å². The summed E-state index contributed by atoms with van der Waals surface area (Å²) >= 11 is 0. The highest BCUT2D eigenvalue weighted by molar-refractivity contribution is 7.89. The van der Waals surface area contributed by atoms with Crippen LogP contribution < -0.4 is 0 Å². The average molecular weight is 447 g/mol. The van der Waals surface area contributed by atoms with Crippen LogP contribution in [0.4, 0.5) is 5.69 Å². The van der Waals surface area contributed by atoms with Crippen molar-refractivity contribution in [1.82, 2.24) is 4.31 Å². The minimum Gasteiger partial charge on any atom is -0.459 e. The van der Waals surface area contributed by atoms with Crippen molar-refractivity contribution in [3.8, 4) is 0 Å². The first-order valence-electron chi connectivity index (χ1n) is 9.59. The Morgan fingerprint density at radius 2 is 1.74 bits per heavy atom. The molecule has 0 aliphatic carbocycles. The number of nitro benzene ring substituents is 1. The molecule has 0 bridgehead atoms. The molecule has 31 heavy (non-hydrogen) atoms. The maximum Gasteiger partial charge on any atom is 0.325 e. The van der Waals surface area contributed by atoms with Crippen LogP contribution in [0.15, 0.2) is 72.1 Å². The molecule has 0 fully saturated rings. The highest BCUT2D eigenvalue weighted by Crippen LogP contribution is 2.24. The SMILES string of the molecule is C=CCN([C@@H](Cc1ccccc1)C(=O)OC(C)(C)C)S(=O)(=O)c1ccc([N+](=O)[O-])cc1. The monoisotopic (exact) mass is 446 g/mol. The highest BCUT2D eigenvalue weighted by Gasteiger charge is 2.38. The number of hydrogen-bond acceptors (Lipinski definition) is 6. The van der Waals surface area contributed by atoms with Crippen LogP contribution in [0.25, 0.3) is 0 Å². The smallest absolute Gasteiger partial charge is 0.325 e. The molecule has 0 spiro atoms. The van der Waals surface area contributed by atoms with Gasteiger partial charge in [0.1, 0.15) is 11.6 Å². The minimum absolute atomic E-state index is 0.0931. The van der Waals surface area contributed by atoms with Crippen LogP contribution in [0, 0.1) is 10.1 Å². The molecule has 0 saturated carbocycles. The average Bonchev–Trinajstić information content (AvgIpc) is 2.70. The summed E-state index contributed by atoms with van der Waals surface area (Å²) in [6, 6.07) is 12.4. The molecule has 0 N–H and O–H groups in total. The third-order valence-electron chi connectivity index (χ3n) is 4.26. The molecule has 2 aromatic rings. The number of nitro groups is 1. The van der Waals surface area contributed by atoms with Gasteiger partial charge in [-0.2, -0.15) is 4.31 Å². The van der Waals surface area contributed by atoms with Gasteiger partial charge in [-0.3, -0.25) is 14.9 Å². The van der Waals surface area contributed by atoms with Crippen LogP contribution >= 0.6 is 0 Å². The molecule has 9 heteroatoms. The maximum atomic E-state index is 13.4. The van der Waals surface area contributed by atoms with Gasteiger partial charge in [-0.05, 0) is 44.9 Å². The van der Waals surface area contributed by atoms with E-state index in [2.05, 4.69) is 6.58 Å². The second-order valence-corrected chi connectivity index (χ2v) is 9.74. The van der Waals surface area contributed by atoms with Gasteiger partial charge in [0.2, 0.25) is 10.0 Å². The summed E-state index contributed by atoms with van der Waals surface area (Å²) in [5.74, 6) is -0.691. The molecule has 2 aromatic carbocycles. The van der Waals surface area contributed by atoms with Gasteiger partial charge in [0.25, 0.3) is 5.69 Å². The predicted octanol–water partition coefficient (Wildman–Crippen LogP) is 3.72. The Labute approximate surface area is 182 Å². The maximum absolute atomic E-state index is 13.4. The third kappa shape index (κ3) is 6.47. The molecular formula is C22H26N2O6S. The molecule has 0 saturated heterocycles. The fourth-order valence-electron chi connectivity index (χ4n) is 2.91. The lowest BCUT2D eigenvalue weighted by Gasteiger charge is -2.31. The van der Waals surface area contributed by atoms with E-state index >= 15 is 0 Å². The van der Waals surface area contributed by atoms with Gasteiger partial charge in [0, 0.05) is 18.7 Å². The summed E-state index contributed by atoms with van der Waals surface area (Å²) in [7, 11) is -4.19. The van der Waals surface area contributed by atoms with E-state index in [0.717, 1.165) is 34.1 Å². The lowest BCUT2D eigenvalue weighted by molar-refractivity contribution is -0.384. The molecule has 8 nitrogen and oxygen atoms in total. The number of carbonyl (C=O) groups is 1. The lowest BCUT2D eigenvalue weighted by atomic mass is 10.1. The number of hydrogen-bond donors (Lipinski definition) is 0. The lowest BCUT2D eigenvalue weighted by Crippen LogP contribution is -2.48. The van der Waals surface area contributed by atoms with E-state index in [1.807, 2.05) is 6.07 Å². The van der Waals surface area contributed by atoms with Crippen molar-refractivity contribution in [3.63, 3.8) is 0 Å². The Hall–Kier alpha value is -3.04. The van der Waals surface area contributed by atoms with Crippen LogP contribution in [-0.2, 0) is 26.0 Å². The summed E-state index contributed by atoms with van der Waals surface area (Å²) in [6.07, 6.45) is 1.47. The van der Waals surface area contributed by atoms with E-state index in [4.69, 9.17) is 4.74 Å². The predicted molar refractivity (Wildman–Crippen MR) is 117 cm³/mol. The van der Waals surface area contributed by atoms with E-state index in [1.165, 1.54) is 6.08 Å². The number of ether oxygens (including phenoxy) is 1. The van der Waals surface area contributed by atoms with Gasteiger partial charge in [0.05, 0.1) is 9.82 Å². The molecule has 166 valence electrons. The Balaban J connectivity index is 2.51. The molecule has 0 amide bonds. The fourth-order valence-corrected chi connectivity index (χ4v) is 4.45. The van der Waals surface area contributed by atoms with Crippen molar-refractivity contribution in [2.45, 2.75) is 43.7 Å². The molecule has 0 aliphatic heterocycles. The summed E-state index contributed by atoms with van der Waals surface area (Å²) in [5.41, 5.74) is -0.295. The first kappa shape index (κ1) is 24.2. The Morgan fingerprint density at radius 1 is 1.16 bits per heavy atom. The van der Waals surface area contributed by atoms with Crippen LogP contribution in [0.1, 0.15) is 26.3 Å². The molecule has 0 aromatic heterocycles. The van der Waals surface area contributed by atoms with Crippen molar-refractivity contribution in [1.29, 1.82) is 0 Å². The van der Waals surface area contributed by atoms with Crippen molar-refractivity contribution < 1.29 is 22.9 Å². The second-order valence-electron chi connectivity index (χ2n) is 7.85. The number of non-ortho nitro benzene ring substituents is 1. The van der Waals surface area contributed by atoms with Crippen molar-refractivity contribution in [2.75, 3.05) is 6.54 Å². The van der Waals surface area contributed by atoms with Crippen molar-refractivity contribution >= 4 is 21.7 Å². The van der Waals surface area contributed by atoms with Gasteiger partial charge >= 0.3 is 5.97 Å². The number of carbonyl (C=O) groups excluding carboxylic acids is 1. The van der Waals surface area contributed by atoms with Crippen molar-refractivity contribution in [3.05, 3.63) is 82.9 Å². The number of benzene rings is 2. The standard InChI is InChI=1S/C22H26N2O6S/c1-5-15-23(31(28,29)19-13-11-18(12-14-19)24(26)27)20(21(25)30-22(2,3)4)16-17-9-7-6-8-10-17/h5-14,20H,1,15-16H2,2-4H3/t20-/m0/s1. The number of rotatable bonds is 9. The first-order chi connectivity index (χ1) is 14.5. The van der Waals surface area contributed by atoms with Gasteiger partial charge in [0.15, 0.2) is 0 Å². The zero-order valence-corrected chi connectivity index (χ0v) is 18.5. The van der Waals surface area contributed by atoms with Gasteiger partial charge in [-0.25, -0.2) is 8.42 Å². The molecule has 2 rings (SSSR count). The van der Waals surface area contributed by atoms with Crippen LogP contribution in [0.2, 0.25) is 0 Å². The Bertz CT molecular complexity index is 1030. The topological polar surface area (TPSA) is 107 Å². The summed E-state index contributed by atoms with van der Waals surface area (Å²) < 4.78 is 33.3. The van der Waals surface area contributed by atoms with E-state index in [-0.39, 0.29) is 23.5 Å². The van der Waals surface area contributed by atoms with E-state index < -0.39 is 32.6 Å². The molecule has 0 aliphatic rings. The first-order valence-corrected chi connectivity index (χ1v) is 11.0. The zero-order chi connectivity index (χ0) is 23.2. The largest absolute Gasteiger partial charge is 0.459 e. The van der Waals surface area contributed by atoms with Gasteiger partial charge < -0.3 is 4.74 Å². The van der Waals surface area contributed by atoms with Gasteiger partial charge in [-0.15, -0.1) is 6.58 Å². The van der Waals surface area contributed by atoms with Gasteiger partial charge in [-0.1, -0.05) is 36.4 Å². The van der Waals surface area contributed by atoms with E-state index in [9.17, 15) is 23.3 Å². The number of esters is 1. The molecule has 0 unspecified atom stereocenters. The molecular weight excluding hydrogens is 420 g/mol. The van der Waals surface area contributed by atoms with Crippen LogP contribution in [0.3, 0.4) is 0 Å². The summed E-state index contributed by atoms with van der Waals surface area (Å²) in [4.78, 5) is 23.2. The Morgan fingerprint density at radius 3 is 2.23 bits per heavy atom. The van der Waals surface area contributed by atoms with Crippen LogP contribution in [-0.4, -0.2) is 41.8 Å².